The molecule has 2 aromatic carbocycles. The van der Waals surface area contributed by atoms with Crippen LogP contribution in [-0.2, 0) is 0 Å². The molecule has 0 aliphatic carbocycles. The van der Waals surface area contributed by atoms with E-state index in [2.05, 4.69) is 32.9 Å². The van der Waals surface area contributed by atoms with E-state index in [4.69, 9.17) is 0 Å². The van der Waals surface area contributed by atoms with Gasteiger partial charge in [0.25, 0.3) is 0 Å². The van der Waals surface area contributed by atoms with Crippen LogP contribution in [0.4, 0.5) is 0 Å². The number of hydrogen-bond donors (Lipinski definition) is 0. The Labute approximate surface area is 118 Å². The maximum atomic E-state index is 3.41. The summed E-state index contributed by atoms with van der Waals surface area (Å²) in [5.41, 5.74) is 2.14. The summed E-state index contributed by atoms with van der Waals surface area (Å²) >= 11 is -2.31. The molecule has 1 heteroatoms. The van der Waals surface area contributed by atoms with Crippen LogP contribution in [0.25, 0.3) is 0 Å². The van der Waals surface area contributed by atoms with Crippen LogP contribution in [0.15, 0.2) is 60.7 Å². The molecule has 0 fully saturated rings. The molecule has 0 heterocycles. The first kappa shape index (κ1) is 13.5. The number of benzene rings is 2. The fraction of sp³-hybridized carbons (Fsp3) is 0.111. The Bertz CT molecular complexity index is 587. The Morgan fingerprint density at radius 3 is 1.37 bits per heavy atom. The Morgan fingerprint density at radius 1 is 0.632 bits per heavy atom. The molecule has 0 nitrogen and oxygen atoms in total. The van der Waals surface area contributed by atoms with E-state index in [-0.39, 0.29) is 0 Å². The van der Waals surface area contributed by atoms with E-state index >= 15 is 0 Å². The van der Waals surface area contributed by atoms with Crippen LogP contribution in [0, 0.1) is 21.3 Å². The Hall–Kier alpha value is -1.90. The molecule has 0 bridgehead atoms. The zero-order valence-corrected chi connectivity index (χ0v) is 13.4. The monoisotopic (exact) mass is 306 g/mol. The molecular formula is C18H16Ge. The van der Waals surface area contributed by atoms with Gasteiger partial charge in [0.2, 0.25) is 0 Å². The maximum absolute atomic E-state index is 3.41. The van der Waals surface area contributed by atoms with Crippen molar-refractivity contribution in [1.82, 2.24) is 0 Å². The summed E-state index contributed by atoms with van der Waals surface area (Å²) in [6, 6.07) is 20.2. The number of hydrogen-bond acceptors (Lipinski definition) is 0. The second-order valence-electron chi connectivity index (χ2n) is 4.86. The van der Waals surface area contributed by atoms with Gasteiger partial charge in [0.15, 0.2) is 0 Å². The van der Waals surface area contributed by atoms with E-state index in [1.165, 1.54) is 0 Å². The van der Waals surface area contributed by atoms with Gasteiger partial charge in [-0.05, 0) is 0 Å². The van der Waals surface area contributed by atoms with Crippen LogP contribution in [0.5, 0.6) is 0 Å². The Kier molecular flexibility index (Phi) is 4.50. The van der Waals surface area contributed by atoms with Crippen LogP contribution in [-0.4, -0.2) is 13.3 Å². The standard InChI is InChI=1S/C18H16Ge/c1-19(2,15-13-17-9-5-3-6-10-17)16-14-18-11-7-4-8-12-18/h3-12H,1-2H3. The fourth-order valence-electron chi connectivity index (χ4n) is 1.53. The van der Waals surface area contributed by atoms with E-state index < -0.39 is 13.3 Å². The van der Waals surface area contributed by atoms with Crippen molar-refractivity contribution >= 4 is 13.3 Å². The molecule has 0 aliphatic rings. The van der Waals surface area contributed by atoms with Gasteiger partial charge >= 0.3 is 118 Å². The molecular weight excluding hydrogens is 289 g/mol. The third-order valence-corrected chi connectivity index (χ3v) is 5.73. The summed E-state index contributed by atoms with van der Waals surface area (Å²) in [6.45, 7) is 0. The van der Waals surface area contributed by atoms with Gasteiger partial charge in [-0.3, -0.25) is 0 Å². The topological polar surface area (TPSA) is 0 Å². The van der Waals surface area contributed by atoms with E-state index in [9.17, 15) is 0 Å². The Morgan fingerprint density at radius 2 is 1.00 bits per heavy atom. The summed E-state index contributed by atoms with van der Waals surface area (Å²) < 4.78 is 6.82. The molecule has 0 aliphatic heterocycles. The molecule has 0 spiro atoms. The van der Waals surface area contributed by atoms with Gasteiger partial charge in [-0.1, -0.05) is 0 Å². The first-order chi connectivity index (χ1) is 9.16. The molecule has 19 heavy (non-hydrogen) atoms. The first-order valence-electron chi connectivity index (χ1n) is 6.32. The van der Waals surface area contributed by atoms with Crippen molar-refractivity contribution in [1.29, 1.82) is 0 Å². The van der Waals surface area contributed by atoms with Crippen molar-refractivity contribution in [2.45, 2.75) is 11.5 Å². The van der Waals surface area contributed by atoms with Crippen molar-refractivity contribution in [3.05, 3.63) is 71.8 Å². The minimum atomic E-state index is -2.31. The average molecular weight is 305 g/mol. The predicted molar refractivity (Wildman–Crippen MR) is 84.1 cm³/mol. The summed E-state index contributed by atoms with van der Waals surface area (Å²) in [7, 11) is 0. The van der Waals surface area contributed by atoms with Crippen molar-refractivity contribution in [3.8, 4) is 21.3 Å². The van der Waals surface area contributed by atoms with Crippen LogP contribution >= 0.6 is 0 Å². The summed E-state index contributed by atoms with van der Waals surface area (Å²) in [5.74, 6) is 11.0. The van der Waals surface area contributed by atoms with Crippen LogP contribution in [0.3, 0.4) is 0 Å². The van der Waals surface area contributed by atoms with E-state index in [0.29, 0.717) is 0 Å². The van der Waals surface area contributed by atoms with E-state index in [1.807, 2.05) is 60.7 Å². The normalized spacial score (nSPS) is 9.79. The van der Waals surface area contributed by atoms with E-state index in [0.717, 1.165) is 11.1 Å². The van der Waals surface area contributed by atoms with Gasteiger partial charge in [0.05, 0.1) is 0 Å². The quantitative estimate of drug-likeness (QED) is 0.512. The van der Waals surface area contributed by atoms with Crippen LogP contribution in [0.1, 0.15) is 11.1 Å². The fourth-order valence-corrected chi connectivity index (χ4v) is 3.58. The van der Waals surface area contributed by atoms with Gasteiger partial charge in [-0.2, -0.15) is 0 Å². The molecule has 0 saturated carbocycles. The summed E-state index contributed by atoms with van der Waals surface area (Å²) in [4.78, 5) is 0. The molecule has 0 atom stereocenters. The SMILES string of the molecule is [CH3][Ge]([CH3])([C]#Cc1ccccc1)[C]#Cc1ccccc1. The van der Waals surface area contributed by atoms with Crippen molar-refractivity contribution in [3.63, 3.8) is 0 Å². The average Bonchev–Trinajstić information content (AvgIpc) is 2.46. The zero-order chi connectivity index (χ0) is 13.6. The third-order valence-electron chi connectivity index (χ3n) is 2.59. The molecule has 2 aromatic rings. The summed E-state index contributed by atoms with van der Waals surface area (Å²) in [5, 5.41) is 0. The third kappa shape index (κ3) is 4.70. The molecule has 0 N–H and O–H groups in total. The van der Waals surface area contributed by atoms with Crippen molar-refractivity contribution in [2.24, 2.45) is 0 Å². The molecule has 0 saturated heterocycles. The van der Waals surface area contributed by atoms with Crippen LogP contribution in [0.2, 0.25) is 11.5 Å². The predicted octanol–water partition coefficient (Wildman–Crippen LogP) is 3.88. The molecule has 92 valence electrons. The van der Waals surface area contributed by atoms with Gasteiger partial charge < -0.3 is 0 Å². The van der Waals surface area contributed by atoms with Gasteiger partial charge in [-0.25, -0.2) is 0 Å². The zero-order valence-electron chi connectivity index (χ0n) is 11.3. The van der Waals surface area contributed by atoms with Crippen molar-refractivity contribution < 1.29 is 0 Å². The second kappa shape index (κ2) is 6.32. The molecule has 2 rings (SSSR count). The second-order valence-corrected chi connectivity index (χ2v) is 12.7. The molecule has 0 aromatic heterocycles. The van der Waals surface area contributed by atoms with Gasteiger partial charge in [-0.15, -0.1) is 0 Å². The molecule has 0 radical (unpaired) electrons. The number of rotatable bonds is 0. The minimum absolute atomic E-state index is 1.07. The van der Waals surface area contributed by atoms with Gasteiger partial charge in [0.1, 0.15) is 0 Å². The summed E-state index contributed by atoms with van der Waals surface area (Å²) in [6.07, 6.45) is 0. The van der Waals surface area contributed by atoms with E-state index in [1.54, 1.807) is 0 Å². The first-order valence-corrected chi connectivity index (χ1v) is 12.6. The van der Waals surface area contributed by atoms with Crippen LogP contribution < -0.4 is 0 Å². The molecule has 0 unspecified atom stereocenters. The van der Waals surface area contributed by atoms with Gasteiger partial charge in [0, 0.05) is 0 Å². The Balaban J connectivity index is 2.16. The molecule has 0 amide bonds. The van der Waals surface area contributed by atoms with Crippen molar-refractivity contribution in [2.75, 3.05) is 0 Å².